The fraction of sp³-hybridized carbons (Fsp3) is 0.312. The molecule has 1 aromatic carbocycles. The van der Waals surface area contributed by atoms with Gasteiger partial charge in [-0.2, -0.15) is 0 Å². The molecule has 1 heterocycles. The second kappa shape index (κ2) is 7.50. The Bertz CT molecular complexity index is 545. The van der Waals surface area contributed by atoms with E-state index in [2.05, 4.69) is 33.2 Å². The predicted octanol–water partition coefficient (Wildman–Crippen LogP) is 4.27. The van der Waals surface area contributed by atoms with E-state index in [9.17, 15) is 4.39 Å². The van der Waals surface area contributed by atoms with Gasteiger partial charge >= 0.3 is 0 Å². The molecule has 2 nitrogen and oxygen atoms in total. The van der Waals surface area contributed by atoms with Gasteiger partial charge in [-0.15, -0.1) is 0 Å². The van der Waals surface area contributed by atoms with Crippen LogP contribution in [0.15, 0.2) is 47.2 Å². The summed E-state index contributed by atoms with van der Waals surface area (Å²) in [5.41, 5.74) is 1.86. The first kappa shape index (κ1) is 15.1. The molecule has 0 aliphatic rings. The van der Waals surface area contributed by atoms with Crippen molar-refractivity contribution >= 4 is 15.9 Å². The molecule has 1 aromatic heterocycles. The Morgan fingerprint density at radius 3 is 2.65 bits per heavy atom. The van der Waals surface area contributed by atoms with Gasteiger partial charge in [-0.05, 0) is 54.8 Å². The van der Waals surface area contributed by atoms with Gasteiger partial charge in [-0.3, -0.25) is 4.98 Å². The molecular formula is C16H18BrFN2. The molecular weight excluding hydrogens is 319 g/mol. The van der Waals surface area contributed by atoms with Crippen LogP contribution in [-0.4, -0.2) is 11.5 Å². The van der Waals surface area contributed by atoms with Crippen molar-refractivity contribution in [2.75, 3.05) is 6.54 Å². The molecule has 4 heteroatoms. The van der Waals surface area contributed by atoms with E-state index in [-0.39, 0.29) is 11.9 Å². The lowest BCUT2D eigenvalue weighted by atomic mass is 9.99. The number of benzene rings is 1. The van der Waals surface area contributed by atoms with Crippen molar-refractivity contribution in [2.45, 2.75) is 25.8 Å². The number of rotatable bonds is 6. The molecule has 1 N–H and O–H groups in total. The summed E-state index contributed by atoms with van der Waals surface area (Å²) in [5.74, 6) is -0.170. The molecule has 0 radical (unpaired) electrons. The Morgan fingerprint density at radius 1 is 1.25 bits per heavy atom. The first-order valence-electron chi connectivity index (χ1n) is 6.78. The molecule has 2 aromatic rings. The molecule has 1 atom stereocenters. The van der Waals surface area contributed by atoms with E-state index in [4.69, 9.17) is 0 Å². The van der Waals surface area contributed by atoms with Gasteiger partial charge in [0, 0.05) is 22.9 Å². The molecule has 0 saturated heterocycles. The summed E-state index contributed by atoms with van der Waals surface area (Å²) in [4.78, 5) is 4.04. The fourth-order valence-corrected chi connectivity index (χ4v) is 2.46. The van der Waals surface area contributed by atoms with Crippen LogP contribution < -0.4 is 5.32 Å². The number of hydrogen-bond donors (Lipinski definition) is 1. The number of nitrogens with zero attached hydrogens (tertiary/aromatic N) is 1. The third kappa shape index (κ3) is 4.12. The Labute approximate surface area is 127 Å². The lowest BCUT2D eigenvalue weighted by molar-refractivity contribution is 0.512. The minimum Gasteiger partial charge on any atom is -0.310 e. The summed E-state index contributed by atoms with van der Waals surface area (Å²) in [6.45, 7) is 3.03. The van der Waals surface area contributed by atoms with Gasteiger partial charge in [0.15, 0.2) is 0 Å². The third-order valence-electron chi connectivity index (χ3n) is 3.19. The first-order valence-corrected chi connectivity index (χ1v) is 7.57. The average molecular weight is 337 g/mol. The molecule has 2 rings (SSSR count). The molecule has 20 heavy (non-hydrogen) atoms. The topological polar surface area (TPSA) is 24.9 Å². The van der Waals surface area contributed by atoms with Gasteiger partial charge in [0.05, 0.1) is 0 Å². The quantitative estimate of drug-likeness (QED) is 0.852. The monoisotopic (exact) mass is 336 g/mol. The summed E-state index contributed by atoms with van der Waals surface area (Å²) in [6.07, 6.45) is 5.22. The van der Waals surface area contributed by atoms with Gasteiger partial charge < -0.3 is 5.32 Å². The number of nitrogens with one attached hydrogen (secondary N) is 1. The molecule has 0 aliphatic heterocycles. The van der Waals surface area contributed by atoms with Crippen LogP contribution in [-0.2, 0) is 6.42 Å². The first-order chi connectivity index (χ1) is 9.70. The molecule has 0 saturated carbocycles. The second-order valence-electron chi connectivity index (χ2n) is 4.73. The van der Waals surface area contributed by atoms with Crippen LogP contribution in [0.1, 0.15) is 30.5 Å². The maximum absolute atomic E-state index is 14.0. The van der Waals surface area contributed by atoms with Crippen molar-refractivity contribution in [2.24, 2.45) is 0 Å². The van der Waals surface area contributed by atoms with E-state index < -0.39 is 0 Å². The highest BCUT2D eigenvalue weighted by atomic mass is 79.9. The molecule has 0 aliphatic carbocycles. The SMILES string of the molecule is CCCNC(Cc1ccc(Br)cc1F)c1ccncc1. The number of aromatic nitrogens is 1. The highest BCUT2D eigenvalue weighted by molar-refractivity contribution is 9.10. The Balaban J connectivity index is 2.19. The molecule has 0 fully saturated rings. The molecule has 0 amide bonds. The van der Waals surface area contributed by atoms with Crippen LogP contribution in [0.2, 0.25) is 0 Å². The van der Waals surface area contributed by atoms with Crippen LogP contribution in [0.3, 0.4) is 0 Å². The lowest BCUT2D eigenvalue weighted by Crippen LogP contribution is -2.24. The molecule has 0 bridgehead atoms. The van der Waals surface area contributed by atoms with Crippen molar-refractivity contribution in [1.82, 2.24) is 10.3 Å². The van der Waals surface area contributed by atoms with E-state index in [1.807, 2.05) is 24.3 Å². The zero-order valence-corrected chi connectivity index (χ0v) is 13.0. The number of halogens is 2. The van der Waals surface area contributed by atoms with Crippen LogP contribution >= 0.6 is 15.9 Å². The standard InChI is InChI=1S/C16H18BrFN2/c1-2-7-20-16(12-5-8-19-9-6-12)10-13-3-4-14(17)11-15(13)18/h3-6,8-9,11,16,20H,2,7,10H2,1H3. The van der Waals surface area contributed by atoms with Gasteiger partial charge in [0.1, 0.15) is 5.82 Å². The predicted molar refractivity (Wildman–Crippen MR) is 83.1 cm³/mol. The van der Waals surface area contributed by atoms with Crippen molar-refractivity contribution in [3.05, 3.63) is 64.1 Å². The highest BCUT2D eigenvalue weighted by Crippen LogP contribution is 2.22. The number of hydrogen-bond acceptors (Lipinski definition) is 2. The van der Waals surface area contributed by atoms with Crippen LogP contribution in [0.5, 0.6) is 0 Å². The minimum absolute atomic E-state index is 0.105. The fourth-order valence-electron chi connectivity index (χ4n) is 2.13. The zero-order chi connectivity index (χ0) is 14.4. The lowest BCUT2D eigenvalue weighted by Gasteiger charge is -2.19. The Kier molecular flexibility index (Phi) is 5.68. The van der Waals surface area contributed by atoms with Crippen LogP contribution in [0.25, 0.3) is 0 Å². The average Bonchev–Trinajstić information content (AvgIpc) is 2.46. The van der Waals surface area contributed by atoms with Crippen molar-refractivity contribution in [1.29, 1.82) is 0 Å². The molecule has 106 valence electrons. The largest absolute Gasteiger partial charge is 0.310 e. The summed E-state index contributed by atoms with van der Waals surface area (Å²) < 4.78 is 14.7. The van der Waals surface area contributed by atoms with Crippen molar-refractivity contribution < 1.29 is 4.39 Å². The van der Waals surface area contributed by atoms with E-state index in [1.54, 1.807) is 12.4 Å². The minimum atomic E-state index is -0.170. The molecule has 0 spiro atoms. The summed E-state index contributed by atoms with van der Waals surface area (Å²) >= 11 is 3.29. The third-order valence-corrected chi connectivity index (χ3v) is 3.68. The van der Waals surface area contributed by atoms with Crippen LogP contribution in [0.4, 0.5) is 4.39 Å². The van der Waals surface area contributed by atoms with Crippen molar-refractivity contribution in [3.8, 4) is 0 Å². The van der Waals surface area contributed by atoms with Crippen LogP contribution in [0, 0.1) is 5.82 Å². The van der Waals surface area contributed by atoms with Crippen molar-refractivity contribution in [3.63, 3.8) is 0 Å². The summed E-state index contributed by atoms with van der Waals surface area (Å²) in [5, 5.41) is 3.47. The van der Waals surface area contributed by atoms with Gasteiger partial charge in [0.25, 0.3) is 0 Å². The maximum atomic E-state index is 14.0. The van der Waals surface area contributed by atoms with E-state index in [0.29, 0.717) is 6.42 Å². The van der Waals surface area contributed by atoms with E-state index in [1.165, 1.54) is 6.07 Å². The zero-order valence-electron chi connectivity index (χ0n) is 11.4. The second-order valence-corrected chi connectivity index (χ2v) is 5.64. The normalized spacial score (nSPS) is 12.3. The van der Waals surface area contributed by atoms with E-state index >= 15 is 0 Å². The van der Waals surface area contributed by atoms with Gasteiger partial charge in [-0.25, -0.2) is 4.39 Å². The van der Waals surface area contributed by atoms with Gasteiger partial charge in [0.2, 0.25) is 0 Å². The van der Waals surface area contributed by atoms with E-state index in [0.717, 1.165) is 28.6 Å². The Morgan fingerprint density at radius 2 is 2.00 bits per heavy atom. The smallest absolute Gasteiger partial charge is 0.127 e. The molecule has 1 unspecified atom stereocenters. The number of pyridine rings is 1. The van der Waals surface area contributed by atoms with Gasteiger partial charge in [-0.1, -0.05) is 28.9 Å². The highest BCUT2D eigenvalue weighted by Gasteiger charge is 2.14. The maximum Gasteiger partial charge on any atom is 0.127 e. The Hall–Kier alpha value is -1.26. The summed E-state index contributed by atoms with van der Waals surface area (Å²) in [7, 11) is 0. The summed E-state index contributed by atoms with van der Waals surface area (Å²) in [6, 6.07) is 9.28.